The van der Waals surface area contributed by atoms with Crippen molar-refractivity contribution in [3.63, 3.8) is 0 Å². The first-order chi connectivity index (χ1) is 10.7. The van der Waals surface area contributed by atoms with Gasteiger partial charge in [0.2, 0.25) is 0 Å². The number of benzene rings is 1. The molecule has 1 amide bonds. The van der Waals surface area contributed by atoms with Crippen molar-refractivity contribution in [1.82, 2.24) is 5.01 Å². The van der Waals surface area contributed by atoms with Crippen LogP contribution in [0, 0.1) is 0 Å². The maximum atomic E-state index is 12.1. The molecule has 1 aliphatic heterocycles. The molecule has 1 fully saturated rings. The van der Waals surface area contributed by atoms with Crippen molar-refractivity contribution in [2.75, 3.05) is 20.3 Å². The number of hydrogen-bond donors (Lipinski definition) is 0. The average molecular weight is 304 g/mol. The number of methoxy groups -OCH3 is 1. The standard InChI is InChI=1S/C16H20N2O4/c1-21-15(19)12-14-16(20)18(10-11-22-14)17-9-5-8-13-6-3-2-4-7-13/h2-4,6-7,9,14H,5,8,10-12H2,1H3/b17-9+/t14-/m1/s1. The van der Waals surface area contributed by atoms with Gasteiger partial charge in [0.25, 0.3) is 5.91 Å². The number of carbonyl (C=O) groups is 2. The first-order valence-electron chi connectivity index (χ1n) is 7.27. The highest BCUT2D eigenvalue weighted by Crippen LogP contribution is 2.11. The fraction of sp³-hybridized carbons (Fsp3) is 0.438. The molecule has 6 heteroatoms. The molecule has 1 saturated heterocycles. The number of nitrogens with zero attached hydrogens (tertiary/aromatic N) is 2. The third kappa shape index (κ3) is 4.66. The molecule has 1 atom stereocenters. The van der Waals surface area contributed by atoms with Crippen LogP contribution in [-0.4, -0.2) is 49.5 Å². The molecule has 22 heavy (non-hydrogen) atoms. The van der Waals surface area contributed by atoms with Crippen LogP contribution >= 0.6 is 0 Å². The van der Waals surface area contributed by atoms with Crippen LogP contribution in [-0.2, 0) is 25.5 Å². The molecule has 1 aromatic rings. The van der Waals surface area contributed by atoms with Crippen LogP contribution in [0.15, 0.2) is 35.4 Å². The van der Waals surface area contributed by atoms with Gasteiger partial charge in [-0.15, -0.1) is 0 Å². The Labute approximate surface area is 129 Å². The zero-order valence-electron chi connectivity index (χ0n) is 12.6. The highest BCUT2D eigenvalue weighted by atomic mass is 16.5. The lowest BCUT2D eigenvalue weighted by atomic mass is 10.1. The molecular weight excluding hydrogens is 284 g/mol. The summed E-state index contributed by atoms with van der Waals surface area (Å²) in [5, 5.41) is 5.55. The van der Waals surface area contributed by atoms with E-state index < -0.39 is 12.1 Å². The summed E-state index contributed by atoms with van der Waals surface area (Å²) in [6.45, 7) is 0.766. The number of hydrogen-bond acceptors (Lipinski definition) is 5. The molecule has 0 bridgehead atoms. The Morgan fingerprint density at radius 3 is 2.95 bits per heavy atom. The zero-order valence-corrected chi connectivity index (χ0v) is 12.6. The van der Waals surface area contributed by atoms with Crippen LogP contribution in [0.3, 0.4) is 0 Å². The second-order valence-electron chi connectivity index (χ2n) is 4.92. The van der Waals surface area contributed by atoms with Gasteiger partial charge in [0.1, 0.15) is 6.10 Å². The fourth-order valence-corrected chi connectivity index (χ4v) is 2.16. The van der Waals surface area contributed by atoms with Crippen LogP contribution < -0.4 is 0 Å². The van der Waals surface area contributed by atoms with E-state index in [2.05, 4.69) is 22.0 Å². The molecule has 1 aliphatic rings. The molecule has 1 aromatic carbocycles. The molecule has 0 spiro atoms. The van der Waals surface area contributed by atoms with Gasteiger partial charge in [-0.1, -0.05) is 30.3 Å². The molecule has 0 N–H and O–H groups in total. The van der Waals surface area contributed by atoms with Gasteiger partial charge >= 0.3 is 5.97 Å². The Morgan fingerprint density at radius 2 is 2.23 bits per heavy atom. The summed E-state index contributed by atoms with van der Waals surface area (Å²) >= 11 is 0. The van der Waals surface area contributed by atoms with Crippen molar-refractivity contribution < 1.29 is 19.1 Å². The molecule has 6 nitrogen and oxygen atoms in total. The third-order valence-electron chi connectivity index (χ3n) is 3.36. The van der Waals surface area contributed by atoms with Crippen molar-refractivity contribution in [1.29, 1.82) is 0 Å². The maximum absolute atomic E-state index is 12.1. The van der Waals surface area contributed by atoms with Gasteiger partial charge in [-0.25, -0.2) is 5.01 Å². The van der Waals surface area contributed by atoms with E-state index in [0.717, 1.165) is 12.8 Å². The molecule has 0 aliphatic carbocycles. The molecule has 2 rings (SSSR count). The van der Waals surface area contributed by atoms with Crippen LogP contribution in [0.5, 0.6) is 0 Å². The van der Waals surface area contributed by atoms with Crippen molar-refractivity contribution in [2.24, 2.45) is 5.10 Å². The number of morpholine rings is 1. The number of esters is 1. The summed E-state index contributed by atoms with van der Waals surface area (Å²) in [5.74, 6) is -0.763. The Kier molecular flexibility index (Phi) is 6.09. The Bertz CT molecular complexity index is 530. The highest BCUT2D eigenvalue weighted by Gasteiger charge is 2.31. The summed E-state index contributed by atoms with van der Waals surface area (Å²) in [7, 11) is 1.29. The second kappa shape index (κ2) is 8.29. The Morgan fingerprint density at radius 1 is 1.45 bits per heavy atom. The molecule has 0 unspecified atom stereocenters. The molecule has 0 aromatic heterocycles. The number of carbonyl (C=O) groups excluding carboxylic acids is 2. The van der Waals surface area contributed by atoms with E-state index in [9.17, 15) is 9.59 Å². The van der Waals surface area contributed by atoms with E-state index in [1.807, 2.05) is 18.2 Å². The highest BCUT2D eigenvalue weighted by molar-refractivity contribution is 5.86. The molecule has 118 valence electrons. The first kappa shape index (κ1) is 16.2. The predicted octanol–water partition coefficient (Wildman–Crippen LogP) is 1.40. The lowest BCUT2D eigenvalue weighted by Crippen LogP contribution is -2.46. The summed E-state index contributed by atoms with van der Waals surface area (Å²) in [5.41, 5.74) is 1.23. The van der Waals surface area contributed by atoms with Gasteiger partial charge in [0.05, 0.1) is 26.7 Å². The summed E-state index contributed by atoms with van der Waals surface area (Å²) in [4.78, 5) is 23.4. The molecule has 0 radical (unpaired) electrons. The lowest BCUT2D eigenvalue weighted by Gasteiger charge is -2.28. The van der Waals surface area contributed by atoms with Gasteiger partial charge in [-0.3, -0.25) is 9.59 Å². The molecule has 1 heterocycles. The van der Waals surface area contributed by atoms with E-state index in [-0.39, 0.29) is 12.3 Å². The average Bonchev–Trinajstić information content (AvgIpc) is 2.55. The van der Waals surface area contributed by atoms with Crippen LogP contribution in [0.4, 0.5) is 0 Å². The van der Waals surface area contributed by atoms with Crippen LogP contribution in [0.25, 0.3) is 0 Å². The third-order valence-corrected chi connectivity index (χ3v) is 3.36. The SMILES string of the molecule is COC(=O)C[C@H]1OCCN(/N=C/CCc2ccccc2)C1=O. The Balaban J connectivity index is 1.82. The number of rotatable bonds is 6. The van der Waals surface area contributed by atoms with Gasteiger partial charge in [-0.2, -0.15) is 5.10 Å². The van der Waals surface area contributed by atoms with Crippen molar-refractivity contribution in [3.8, 4) is 0 Å². The molecule has 0 saturated carbocycles. The van der Waals surface area contributed by atoms with Crippen LogP contribution in [0.2, 0.25) is 0 Å². The van der Waals surface area contributed by atoms with E-state index in [0.29, 0.717) is 13.2 Å². The zero-order chi connectivity index (χ0) is 15.8. The predicted molar refractivity (Wildman–Crippen MR) is 81.3 cm³/mol. The Hall–Kier alpha value is -2.21. The van der Waals surface area contributed by atoms with Crippen molar-refractivity contribution >= 4 is 18.1 Å². The lowest BCUT2D eigenvalue weighted by molar-refractivity contribution is -0.160. The van der Waals surface area contributed by atoms with Crippen molar-refractivity contribution in [2.45, 2.75) is 25.4 Å². The van der Waals surface area contributed by atoms with Gasteiger partial charge in [0.15, 0.2) is 0 Å². The minimum absolute atomic E-state index is 0.0780. The smallest absolute Gasteiger partial charge is 0.308 e. The summed E-state index contributed by atoms with van der Waals surface area (Å²) < 4.78 is 9.86. The minimum atomic E-state index is -0.799. The minimum Gasteiger partial charge on any atom is -0.469 e. The molecular formula is C16H20N2O4. The first-order valence-corrected chi connectivity index (χ1v) is 7.27. The number of amides is 1. The monoisotopic (exact) mass is 304 g/mol. The van der Waals surface area contributed by atoms with Gasteiger partial charge < -0.3 is 9.47 Å². The van der Waals surface area contributed by atoms with E-state index in [4.69, 9.17) is 4.74 Å². The quantitative estimate of drug-likeness (QED) is 0.588. The normalized spacial score (nSPS) is 18.7. The van der Waals surface area contributed by atoms with E-state index in [1.165, 1.54) is 17.7 Å². The topological polar surface area (TPSA) is 68.2 Å². The van der Waals surface area contributed by atoms with E-state index >= 15 is 0 Å². The largest absolute Gasteiger partial charge is 0.469 e. The van der Waals surface area contributed by atoms with Crippen LogP contribution in [0.1, 0.15) is 18.4 Å². The van der Waals surface area contributed by atoms with Gasteiger partial charge in [-0.05, 0) is 18.4 Å². The van der Waals surface area contributed by atoms with Gasteiger partial charge in [0, 0.05) is 6.21 Å². The fourth-order valence-electron chi connectivity index (χ4n) is 2.16. The number of aryl methyl sites for hydroxylation is 1. The second-order valence-corrected chi connectivity index (χ2v) is 4.92. The number of hydrazone groups is 1. The maximum Gasteiger partial charge on any atom is 0.308 e. The summed E-state index contributed by atoms with van der Waals surface area (Å²) in [6.07, 6.45) is 2.47. The number of ether oxygens (including phenoxy) is 2. The summed E-state index contributed by atoms with van der Waals surface area (Å²) in [6, 6.07) is 10.1. The van der Waals surface area contributed by atoms with E-state index in [1.54, 1.807) is 6.21 Å². The van der Waals surface area contributed by atoms with Crippen molar-refractivity contribution in [3.05, 3.63) is 35.9 Å².